The molecule has 1 aliphatic heterocycles. The number of nitrogens with one attached hydrogen (secondary N) is 1. The number of ether oxygens (including phenoxy) is 1. The van der Waals surface area contributed by atoms with Gasteiger partial charge in [0.1, 0.15) is 5.15 Å². The van der Waals surface area contributed by atoms with Crippen LogP contribution in [-0.2, 0) is 4.74 Å². The number of pyridine rings is 1. The van der Waals surface area contributed by atoms with Crippen LogP contribution < -0.4 is 5.32 Å². The van der Waals surface area contributed by atoms with Gasteiger partial charge in [-0.05, 0) is 18.1 Å². The quantitative estimate of drug-likeness (QED) is 0.776. The maximum Gasteiger partial charge on any atom is 0.252 e. The van der Waals surface area contributed by atoms with Gasteiger partial charge in [-0.1, -0.05) is 38.3 Å². The molecule has 5 nitrogen and oxygen atoms in total. The first-order chi connectivity index (χ1) is 11.2. The monoisotopic (exact) mass is 339 g/mol. The molecule has 0 saturated carbocycles. The number of carbonyl (C=O) groups excluding carboxylic acids is 1. The van der Waals surface area contributed by atoms with E-state index in [2.05, 4.69) is 29.0 Å². The van der Waals surface area contributed by atoms with Gasteiger partial charge in [-0.15, -0.1) is 0 Å². The maximum atomic E-state index is 12.3. The smallest absolute Gasteiger partial charge is 0.252 e. The number of rotatable bonds is 7. The third-order valence-electron chi connectivity index (χ3n) is 4.57. The van der Waals surface area contributed by atoms with Crippen molar-refractivity contribution in [2.24, 2.45) is 5.92 Å². The lowest BCUT2D eigenvalue weighted by atomic mass is 9.92. The van der Waals surface area contributed by atoms with E-state index in [-0.39, 0.29) is 5.91 Å². The van der Waals surface area contributed by atoms with Gasteiger partial charge in [0.15, 0.2) is 0 Å². The molecule has 2 heterocycles. The minimum Gasteiger partial charge on any atom is -0.379 e. The lowest BCUT2D eigenvalue weighted by Gasteiger charge is -2.38. The van der Waals surface area contributed by atoms with E-state index in [1.807, 2.05) is 0 Å². The van der Waals surface area contributed by atoms with Crippen LogP contribution in [0.2, 0.25) is 5.15 Å². The molecule has 128 valence electrons. The Balaban J connectivity index is 1.99. The zero-order valence-electron chi connectivity index (χ0n) is 13.9. The predicted molar refractivity (Wildman–Crippen MR) is 91.8 cm³/mol. The number of amides is 1. The van der Waals surface area contributed by atoms with Crippen molar-refractivity contribution >= 4 is 17.5 Å². The molecule has 1 saturated heterocycles. The normalized spacial score (nSPS) is 17.2. The first kappa shape index (κ1) is 18.2. The highest BCUT2D eigenvalue weighted by atomic mass is 35.5. The molecule has 1 N–H and O–H groups in total. The summed E-state index contributed by atoms with van der Waals surface area (Å²) in [7, 11) is 0. The zero-order valence-corrected chi connectivity index (χ0v) is 14.7. The maximum absolute atomic E-state index is 12.3. The molecule has 1 aliphatic rings. The zero-order chi connectivity index (χ0) is 16.7. The Morgan fingerprint density at radius 3 is 2.61 bits per heavy atom. The van der Waals surface area contributed by atoms with Crippen LogP contribution in [0.25, 0.3) is 0 Å². The molecular formula is C17H26ClN3O2. The molecule has 1 aromatic rings. The molecule has 0 radical (unpaired) electrons. The number of aromatic nitrogens is 1. The topological polar surface area (TPSA) is 54.5 Å². The van der Waals surface area contributed by atoms with Crippen molar-refractivity contribution in [2.75, 3.05) is 32.8 Å². The fourth-order valence-corrected chi connectivity index (χ4v) is 3.26. The first-order valence-electron chi connectivity index (χ1n) is 8.37. The van der Waals surface area contributed by atoms with Crippen LogP contribution in [0.5, 0.6) is 0 Å². The highest BCUT2D eigenvalue weighted by Crippen LogP contribution is 2.19. The molecule has 0 spiro atoms. The van der Waals surface area contributed by atoms with Gasteiger partial charge in [-0.2, -0.15) is 0 Å². The van der Waals surface area contributed by atoms with Crippen LogP contribution in [0.15, 0.2) is 18.3 Å². The van der Waals surface area contributed by atoms with Gasteiger partial charge < -0.3 is 10.1 Å². The van der Waals surface area contributed by atoms with Crippen LogP contribution in [0.4, 0.5) is 0 Å². The summed E-state index contributed by atoms with van der Waals surface area (Å²) in [6.07, 6.45) is 3.73. The number of carbonyl (C=O) groups is 1. The Hall–Kier alpha value is -1.17. The Labute approximate surface area is 143 Å². The summed E-state index contributed by atoms with van der Waals surface area (Å²) in [6.45, 7) is 8.48. The average molecular weight is 340 g/mol. The highest BCUT2D eigenvalue weighted by molar-refractivity contribution is 6.29. The minimum atomic E-state index is -0.0987. The van der Waals surface area contributed by atoms with Crippen molar-refractivity contribution in [3.63, 3.8) is 0 Å². The molecule has 23 heavy (non-hydrogen) atoms. The van der Waals surface area contributed by atoms with E-state index >= 15 is 0 Å². The second-order valence-corrected chi connectivity index (χ2v) is 6.26. The van der Waals surface area contributed by atoms with Gasteiger partial charge in [0.25, 0.3) is 5.91 Å². The summed E-state index contributed by atoms with van der Waals surface area (Å²) in [6, 6.07) is 3.68. The van der Waals surface area contributed by atoms with Gasteiger partial charge in [0.2, 0.25) is 0 Å². The van der Waals surface area contributed by atoms with Crippen LogP contribution in [-0.4, -0.2) is 54.7 Å². The van der Waals surface area contributed by atoms with Gasteiger partial charge in [0.05, 0.1) is 18.8 Å². The van der Waals surface area contributed by atoms with E-state index in [0.29, 0.717) is 29.2 Å². The average Bonchev–Trinajstić information content (AvgIpc) is 2.59. The number of morpholine rings is 1. The molecule has 0 bridgehead atoms. The second kappa shape index (κ2) is 9.21. The number of hydrogen-bond acceptors (Lipinski definition) is 4. The molecule has 1 fully saturated rings. The van der Waals surface area contributed by atoms with Crippen molar-refractivity contribution < 1.29 is 9.53 Å². The van der Waals surface area contributed by atoms with Gasteiger partial charge in [-0.3, -0.25) is 9.69 Å². The molecule has 0 aliphatic carbocycles. The van der Waals surface area contributed by atoms with E-state index < -0.39 is 0 Å². The van der Waals surface area contributed by atoms with Crippen molar-refractivity contribution in [1.29, 1.82) is 0 Å². The third-order valence-corrected chi connectivity index (χ3v) is 4.79. The fraction of sp³-hybridized carbons (Fsp3) is 0.647. The Kier molecular flexibility index (Phi) is 7.27. The molecule has 1 atom stereocenters. The summed E-state index contributed by atoms with van der Waals surface area (Å²) >= 11 is 5.76. The fourth-order valence-electron chi connectivity index (χ4n) is 3.15. The summed E-state index contributed by atoms with van der Waals surface area (Å²) in [5.74, 6) is 0.468. The lowest BCUT2D eigenvalue weighted by molar-refractivity contribution is 0.00191. The van der Waals surface area contributed by atoms with E-state index in [1.54, 1.807) is 12.1 Å². The summed E-state index contributed by atoms with van der Waals surface area (Å²) in [5, 5.41) is 3.45. The van der Waals surface area contributed by atoms with Crippen LogP contribution in [0.3, 0.4) is 0 Å². The highest BCUT2D eigenvalue weighted by Gasteiger charge is 2.27. The Bertz CT molecular complexity index is 485. The van der Waals surface area contributed by atoms with Crippen molar-refractivity contribution in [2.45, 2.75) is 32.7 Å². The molecule has 1 amide bonds. The minimum absolute atomic E-state index is 0.0987. The van der Waals surface area contributed by atoms with E-state index in [0.717, 1.165) is 39.1 Å². The Morgan fingerprint density at radius 2 is 2.04 bits per heavy atom. The third kappa shape index (κ3) is 5.16. The standard InChI is InChI=1S/C17H26ClN3O2/c1-3-13(4-2)15(21-7-9-23-10-8-21)12-20-17(22)14-5-6-16(18)19-11-14/h5-6,11,13,15H,3-4,7-10,12H2,1-2H3,(H,20,22). The molecule has 6 heteroatoms. The summed E-state index contributed by atoms with van der Waals surface area (Å²) < 4.78 is 5.45. The van der Waals surface area contributed by atoms with Crippen molar-refractivity contribution in [3.8, 4) is 0 Å². The van der Waals surface area contributed by atoms with Crippen LogP contribution in [0, 0.1) is 5.92 Å². The summed E-state index contributed by atoms with van der Waals surface area (Å²) in [5.41, 5.74) is 0.541. The van der Waals surface area contributed by atoms with E-state index in [1.165, 1.54) is 6.20 Å². The van der Waals surface area contributed by atoms with Crippen LogP contribution >= 0.6 is 11.6 Å². The number of hydrogen-bond donors (Lipinski definition) is 1. The first-order valence-corrected chi connectivity index (χ1v) is 8.75. The summed E-state index contributed by atoms with van der Waals surface area (Å²) in [4.78, 5) is 18.7. The number of halogens is 1. The van der Waals surface area contributed by atoms with Gasteiger partial charge in [-0.25, -0.2) is 4.98 Å². The lowest BCUT2D eigenvalue weighted by Crippen LogP contribution is -2.52. The van der Waals surface area contributed by atoms with E-state index in [4.69, 9.17) is 16.3 Å². The SMILES string of the molecule is CCC(CC)C(CNC(=O)c1ccc(Cl)nc1)N1CCOCC1. The van der Waals surface area contributed by atoms with Crippen LogP contribution in [0.1, 0.15) is 37.0 Å². The molecule has 2 rings (SSSR count). The number of nitrogens with zero attached hydrogens (tertiary/aromatic N) is 2. The molecule has 1 aromatic heterocycles. The molecule has 0 aromatic carbocycles. The Morgan fingerprint density at radius 1 is 1.35 bits per heavy atom. The van der Waals surface area contributed by atoms with Gasteiger partial charge >= 0.3 is 0 Å². The van der Waals surface area contributed by atoms with E-state index in [9.17, 15) is 4.79 Å². The predicted octanol–water partition coefficient (Wildman–Crippen LogP) is 2.60. The molecular weight excluding hydrogens is 314 g/mol. The van der Waals surface area contributed by atoms with Crippen molar-refractivity contribution in [1.82, 2.24) is 15.2 Å². The largest absolute Gasteiger partial charge is 0.379 e. The second-order valence-electron chi connectivity index (χ2n) is 5.87. The van der Waals surface area contributed by atoms with Crippen molar-refractivity contribution in [3.05, 3.63) is 29.0 Å². The van der Waals surface area contributed by atoms with Gasteiger partial charge in [0, 0.05) is 31.9 Å². The molecule has 1 unspecified atom stereocenters.